The van der Waals surface area contributed by atoms with Crippen molar-refractivity contribution < 1.29 is 31.1 Å². The molecule has 142 valence electrons. The van der Waals surface area contributed by atoms with Crippen molar-refractivity contribution in [1.29, 1.82) is 0 Å². The Morgan fingerprint density at radius 3 is 2.76 bits per heavy atom. The molecule has 25 heavy (non-hydrogen) atoms. The van der Waals surface area contributed by atoms with E-state index >= 15 is 0 Å². The van der Waals surface area contributed by atoms with E-state index in [4.69, 9.17) is 21.1 Å². The van der Waals surface area contributed by atoms with E-state index in [2.05, 4.69) is 4.72 Å². The lowest BCUT2D eigenvalue weighted by atomic mass is 10.2. The fourth-order valence-corrected chi connectivity index (χ4v) is 3.67. The van der Waals surface area contributed by atoms with Gasteiger partial charge in [-0.2, -0.15) is 13.2 Å². The Labute approximate surface area is 149 Å². The highest BCUT2D eigenvalue weighted by atomic mass is 35.5. The topological polar surface area (TPSA) is 64.6 Å². The molecule has 0 saturated carbocycles. The first kappa shape index (κ1) is 20.4. The molecule has 0 radical (unpaired) electrons. The van der Waals surface area contributed by atoms with Gasteiger partial charge in [-0.05, 0) is 37.5 Å². The lowest BCUT2D eigenvalue weighted by Crippen LogP contribution is -2.26. The van der Waals surface area contributed by atoms with Crippen LogP contribution in [0, 0.1) is 0 Å². The maximum atomic E-state index is 12.8. The highest BCUT2D eigenvalue weighted by Crippen LogP contribution is 2.35. The maximum Gasteiger partial charge on any atom is 0.417 e. The van der Waals surface area contributed by atoms with Crippen LogP contribution in [0.3, 0.4) is 0 Å². The number of hydrogen-bond acceptors (Lipinski definition) is 4. The Morgan fingerprint density at radius 2 is 2.12 bits per heavy atom. The number of sulfonamides is 1. The molecule has 0 amide bonds. The normalized spacial score (nSPS) is 18.6. The van der Waals surface area contributed by atoms with Gasteiger partial charge < -0.3 is 9.47 Å². The van der Waals surface area contributed by atoms with Crippen molar-refractivity contribution in [2.24, 2.45) is 0 Å². The lowest BCUT2D eigenvalue weighted by molar-refractivity contribution is -0.137. The largest absolute Gasteiger partial charge is 0.417 e. The molecule has 0 aromatic heterocycles. The van der Waals surface area contributed by atoms with E-state index in [1.165, 1.54) is 0 Å². The molecule has 0 unspecified atom stereocenters. The number of hydrogen-bond donors (Lipinski definition) is 1. The molecule has 10 heteroatoms. The van der Waals surface area contributed by atoms with Crippen LogP contribution < -0.4 is 4.72 Å². The minimum absolute atomic E-state index is 0.0534. The van der Waals surface area contributed by atoms with E-state index in [1.807, 2.05) is 0 Å². The number of ether oxygens (including phenoxy) is 2. The smallest absolute Gasteiger partial charge is 0.379 e. The average Bonchev–Trinajstić information content (AvgIpc) is 3.03. The summed E-state index contributed by atoms with van der Waals surface area (Å²) in [7, 11) is -4.05. The second-order valence-electron chi connectivity index (χ2n) is 5.60. The molecule has 0 bridgehead atoms. The third-order valence-electron chi connectivity index (χ3n) is 3.64. The molecule has 2 rings (SSSR count). The summed E-state index contributed by atoms with van der Waals surface area (Å²) in [5.74, 6) is 0. The standard InChI is InChI=1S/C15H19ClF3NO4S/c16-14-5-4-12(9-13(14)15(17,18)19)25(21,22)20-6-2-7-23-10-11-3-1-8-24-11/h4-5,9,11,20H,1-3,6-8,10H2/t11-/m0/s1. The third kappa shape index (κ3) is 6.10. The molecule has 1 aromatic rings. The first-order chi connectivity index (χ1) is 11.7. The summed E-state index contributed by atoms with van der Waals surface area (Å²) in [6.07, 6.45) is -2.28. The van der Waals surface area contributed by atoms with Crippen molar-refractivity contribution in [2.75, 3.05) is 26.4 Å². The van der Waals surface area contributed by atoms with Gasteiger partial charge in [-0.15, -0.1) is 0 Å². The molecular weight excluding hydrogens is 383 g/mol. The van der Waals surface area contributed by atoms with Crippen molar-refractivity contribution >= 4 is 21.6 Å². The molecule has 1 heterocycles. The van der Waals surface area contributed by atoms with Gasteiger partial charge in [-0.3, -0.25) is 0 Å². The van der Waals surface area contributed by atoms with Crippen LogP contribution in [0.2, 0.25) is 5.02 Å². The quantitative estimate of drug-likeness (QED) is 0.679. The van der Waals surface area contributed by atoms with Crippen LogP contribution in [0.15, 0.2) is 23.1 Å². The number of nitrogens with one attached hydrogen (secondary N) is 1. The van der Waals surface area contributed by atoms with E-state index in [1.54, 1.807) is 0 Å². The van der Waals surface area contributed by atoms with Crippen molar-refractivity contribution in [3.8, 4) is 0 Å². The van der Waals surface area contributed by atoms with E-state index in [0.717, 1.165) is 31.6 Å². The van der Waals surface area contributed by atoms with Crippen LogP contribution in [0.5, 0.6) is 0 Å². The minimum Gasteiger partial charge on any atom is -0.379 e. The van der Waals surface area contributed by atoms with E-state index in [9.17, 15) is 21.6 Å². The Bertz CT molecular complexity index is 676. The van der Waals surface area contributed by atoms with Crippen LogP contribution >= 0.6 is 11.6 Å². The summed E-state index contributed by atoms with van der Waals surface area (Å²) in [4.78, 5) is -0.482. The molecule has 0 spiro atoms. The van der Waals surface area contributed by atoms with Crippen LogP contribution in [-0.4, -0.2) is 40.9 Å². The summed E-state index contributed by atoms with van der Waals surface area (Å²) in [5.41, 5.74) is -1.18. The van der Waals surface area contributed by atoms with Crippen molar-refractivity contribution in [3.63, 3.8) is 0 Å². The molecule has 0 aliphatic carbocycles. The van der Waals surface area contributed by atoms with Gasteiger partial charge in [0, 0.05) is 19.8 Å². The van der Waals surface area contributed by atoms with Gasteiger partial charge in [0.25, 0.3) is 0 Å². The molecule has 1 aliphatic heterocycles. The molecule has 1 atom stereocenters. The summed E-state index contributed by atoms with van der Waals surface area (Å²) in [6.45, 7) is 1.57. The van der Waals surface area contributed by atoms with Gasteiger partial charge in [0.05, 0.1) is 28.2 Å². The second kappa shape index (κ2) is 8.68. The predicted octanol–water partition coefficient (Wildman–Crippen LogP) is 3.22. The Balaban J connectivity index is 1.82. The number of halogens is 4. The predicted molar refractivity (Wildman–Crippen MR) is 86.1 cm³/mol. The van der Waals surface area contributed by atoms with Gasteiger partial charge in [0.1, 0.15) is 0 Å². The molecule has 1 saturated heterocycles. The van der Waals surface area contributed by atoms with Gasteiger partial charge in [-0.25, -0.2) is 13.1 Å². The molecule has 1 N–H and O–H groups in total. The van der Waals surface area contributed by atoms with Gasteiger partial charge in [0.2, 0.25) is 10.0 Å². The van der Waals surface area contributed by atoms with Crippen LogP contribution in [0.4, 0.5) is 13.2 Å². The highest BCUT2D eigenvalue weighted by molar-refractivity contribution is 7.89. The van der Waals surface area contributed by atoms with Gasteiger partial charge in [0.15, 0.2) is 0 Å². The van der Waals surface area contributed by atoms with Crippen molar-refractivity contribution in [2.45, 2.75) is 36.4 Å². The fraction of sp³-hybridized carbons (Fsp3) is 0.600. The highest BCUT2D eigenvalue weighted by Gasteiger charge is 2.34. The summed E-state index contributed by atoms with van der Waals surface area (Å²) < 4.78 is 75.6. The van der Waals surface area contributed by atoms with E-state index in [0.29, 0.717) is 25.7 Å². The maximum absolute atomic E-state index is 12.8. The monoisotopic (exact) mass is 401 g/mol. The summed E-state index contributed by atoms with van der Waals surface area (Å²) in [6, 6.07) is 2.48. The van der Waals surface area contributed by atoms with Crippen LogP contribution in [-0.2, 0) is 25.7 Å². The van der Waals surface area contributed by atoms with E-state index in [-0.39, 0.29) is 12.6 Å². The molecule has 1 aromatic carbocycles. The van der Waals surface area contributed by atoms with Crippen LogP contribution in [0.25, 0.3) is 0 Å². The van der Waals surface area contributed by atoms with E-state index < -0.39 is 31.7 Å². The summed E-state index contributed by atoms with van der Waals surface area (Å²) in [5, 5.41) is -0.547. The zero-order chi connectivity index (χ0) is 18.5. The number of rotatable bonds is 8. The first-order valence-electron chi connectivity index (χ1n) is 7.76. The zero-order valence-corrected chi connectivity index (χ0v) is 14.9. The van der Waals surface area contributed by atoms with Gasteiger partial charge in [-0.1, -0.05) is 11.6 Å². The SMILES string of the molecule is O=S(=O)(NCCCOC[C@@H]1CCCO1)c1ccc(Cl)c(C(F)(F)F)c1. The minimum atomic E-state index is -4.72. The Morgan fingerprint density at radius 1 is 1.36 bits per heavy atom. The average molecular weight is 402 g/mol. The second-order valence-corrected chi connectivity index (χ2v) is 7.77. The Kier molecular flexibility index (Phi) is 7.10. The number of benzene rings is 1. The summed E-state index contributed by atoms with van der Waals surface area (Å²) >= 11 is 5.48. The molecule has 5 nitrogen and oxygen atoms in total. The molecule has 1 aliphatic rings. The van der Waals surface area contributed by atoms with Crippen LogP contribution in [0.1, 0.15) is 24.8 Å². The number of alkyl halides is 3. The third-order valence-corrected chi connectivity index (χ3v) is 5.43. The molecule has 1 fully saturated rings. The van der Waals surface area contributed by atoms with Crippen molar-refractivity contribution in [3.05, 3.63) is 28.8 Å². The first-order valence-corrected chi connectivity index (χ1v) is 9.62. The fourth-order valence-electron chi connectivity index (χ4n) is 2.34. The van der Waals surface area contributed by atoms with Crippen molar-refractivity contribution in [1.82, 2.24) is 4.72 Å². The lowest BCUT2D eigenvalue weighted by Gasteiger charge is -2.12. The van der Waals surface area contributed by atoms with Gasteiger partial charge >= 0.3 is 6.18 Å². The Hall–Kier alpha value is -0.870. The molecular formula is C15H19ClF3NO4S. The zero-order valence-electron chi connectivity index (χ0n) is 13.3.